The minimum atomic E-state index is -4.37. The van der Waals surface area contributed by atoms with Gasteiger partial charge in [-0.15, -0.1) is 3.89 Å². The maximum atomic E-state index is 12.3. The molecule has 0 aromatic heterocycles. The quantitative estimate of drug-likeness (QED) is 0.713. The van der Waals surface area contributed by atoms with Gasteiger partial charge in [0.2, 0.25) is 0 Å². The number of hydrogen-bond donors (Lipinski definition) is 1. The van der Waals surface area contributed by atoms with Crippen molar-refractivity contribution in [1.82, 2.24) is 5.32 Å². The molecule has 1 unspecified atom stereocenters. The van der Waals surface area contributed by atoms with Crippen LogP contribution in [-0.2, 0) is 10.2 Å². The van der Waals surface area contributed by atoms with E-state index in [9.17, 15) is 12.3 Å². The Morgan fingerprint density at radius 3 is 2.08 bits per heavy atom. The van der Waals surface area contributed by atoms with Crippen LogP contribution in [-0.4, -0.2) is 27.3 Å². The monoisotopic (exact) mass is 211 g/mol. The number of nitrogens with one attached hydrogen (secondary N) is 1. The summed E-state index contributed by atoms with van der Waals surface area (Å²) in [5.74, 6) is -0.444. The van der Waals surface area contributed by atoms with E-state index in [1.807, 2.05) is 20.8 Å². The van der Waals surface area contributed by atoms with Crippen LogP contribution in [0.3, 0.4) is 0 Å². The van der Waals surface area contributed by atoms with Gasteiger partial charge < -0.3 is 5.32 Å². The fourth-order valence-corrected chi connectivity index (χ4v) is 1.99. The molecule has 1 atom stereocenters. The van der Waals surface area contributed by atoms with E-state index in [-0.39, 0.29) is 11.5 Å². The average molecular weight is 211 g/mol. The summed E-state index contributed by atoms with van der Waals surface area (Å²) < 4.78 is 33.1. The first kappa shape index (κ1) is 12.8. The third-order valence-electron chi connectivity index (χ3n) is 1.67. The van der Waals surface area contributed by atoms with E-state index in [1.165, 1.54) is 0 Å². The van der Waals surface area contributed by atoms with Crippen LogP contribution >= 0.6 is 0 Å². The molecular formula is C8H18FNO2S. The van der Waals surface area contributed by atoms with Gasteiger partial charge in [0.05, 0.1) is 5.75 Å². The summed E-state index contributed by atoms with van der Waals surface area (Å²) in [5.41, 5.74) is -0.00162. The molecule has 0 aliphatic carbocycles. The van der Waals surface area contributed by atoms with Gasteiger partial charge in [-0.25, -0.2) is 0 Å². The van der Waals surface area contributed by atoms with Gasteiger partial charge in [-0.1, -0.05) is 20.8 Å². The summed E-state index contributed by atoms with van der Waals surface area (Å²) >= 11 is 0. The maximum absolute atomic E-state index is 12.3. The Labute approximate surface area is 79.9 Å². The normalized spacial score (nSPS) is 15.8. The van der Waals surface area contributed by atoms with Crippen LogP contribution in [0.1, 0.15) is 27.2 Å². The van der Waals surface area contributed by atoms with E-state index in [4.69, 9.17) is 0 Å². The molecule has 0 bridgehead atoms. The molecule has 0 amide bonds. The van der Waals surface area contributed by atoms with E-state index in [0.717, 1.165) is 0 Å². The van der Waals surface area contributed by atoms with Crippen molar-refractivity contribution >= 4 is 10.2 Å². The molecule has 1 N–H and O–H groups in total. The van der Waals surface area contributed by atoms with Gasteiger partial charge in [0, 0.05) is 6.04 Å². The Kier molecular flexibility index (Phi) is 4.32. The van der Waals surface area contributed by atoms with Gasteiger partial charge in [-0.3, -0.25) is 0 Å². The summed E-state index contributed by atoms with van der Waals surface area (Å²) in [7, 11) is -2.73. The van der Waals surface area contributed by atoms with Gasteiger partial charge >= 0.3 is 10.2 Å². The highest BCUT2D eigenvalue weighted by Crippen LogP contribution is 2.21. The molecule has 0 aliphatic heterocycles. The van der Waals surface area contributed by atoms with Crippen LogP contribution in [0.5, 0.6) is 0 Å². The molecule has 3 nitrogen and oxygen atoms in total. The molecule has 0 heterocycles. The van der Waals surface area contributed by atoms with Crippen LogP contribution < -0.4 is 5.32 Å². The first-order valence-corrected chi connectivity index (χ1v) is 5.79. The Balaban J connectivity index is 4.22. The third kappa shape index (κ3) is 8.18. The van der Waals surface area contributed by atoms with E-state index < -0.39 is 16.0 Å². The van der Waals surface area contributed by atoms with E-state index >= 15 is 0 Å². The highest BCUT2D eigenvalue weighted by atomic mass is 32.3. The summed E-state index contributed by atoms with van der Waals surface area (Å²) in [6.07, 6.45) is 0.632. The van der Waals surface area contributed by atoms with Gasteiger partial charge in [-0.05, 0) is 18.9 Å². The van der Waals surface area contributed by atoms with E-state index in [2.05, 4.69) is 5.32 Å². The molecule has 0 fully saturated rings. The minimum absolute atomic E-state index is 0.00162. The lowest BCUT2D eigenvalue weighted by Gasteiger charge is -2.24. The molecule has 0 rings (SSSR count). The van der Waals surface area contributed by atoms with Crippen molar-refractivity contribution in [3.05, 3.63) is 0 Å². The topological polar surface area (TPSA) is 46.2 Å². The van der Waals surface area contributed by atoms with Gasteiger partial charge in [-0.2, -0.15) is 8.42 Å². The van der Waals surface area contributed by atoms with Crippen LogP contribution in [0.25, 0.3) is 0 Å². The van der Waals surface area contributed by atoms with Crippen molar-refractivity contribution in [2.75, 3.05) is 12.8 Å². The molecule has 0 aliphatic rings. The Morgan fingerprint density at radius 1 is 1.38 bits per heavy atom. The summed E-state index contributed by atoms with van der Waals surface area (Å²) in [4.78, 5) is 0. The first-order valence-electron chi connectivity index (χ1n) is 4.24. The second-order valence-electron chi connectivity index (χ2n) is 4.46. The highest BCUT2D eigenvalue weighted by Gasteiger charge is 2.22. The smallest absolute Gasteiger partial charge is 0.303 e. The van der Waals surface area contributed by atoms with Gasteiger partial charge in [0.15, 0.2) is 0 Å². The number of rotatable bonds is 4. The average Bonchev–Trinajstić information content (AvgIpc) is 1.79. The molecule has 0 aromatic carbocycles. The lowest BCUT2D eigenvalue weighted by atomic mass is 9.89. The summed E-state index contributed by atoms with van der Waals surface area (Å²) in [6, 6.07) is -0.310. The summed E-state index contributed by atoms with van der Waals surface area (Å²) in [6.45, 7) is 5.96. The molecule has 0 saturated carbocycles. The third-order valence-corrected chi connectivity index (χ3v) is 2.47. The van der Waals surface area contributed by atoms with E-state index in [0.29, 0.717) is 6.42 Å². The molecule has 0 spiro atoms. The Morgan fingerprint density at radius 2 is 1.85 bits per heavy atom. The van der Waals surface area contributed by atoms with Crippen molar-refractivity contribution in [1.29, 1.82) is 0 Å². The second-order valence-corrected chi connectivity index (χ2v) is 5.87. The maximum Gasteiger partial charge on any atom is 0.303 e. The molecule has 0 aromatic rings. The molecule has 0 radical (unpaired) electrons. The van der Waals surface area contributed by atoms with Crippen molar-refractivity contribution < 1.29 is 12.3 Å². The van der Waals surface area contributed by atoms with Crippen molar-refractivity contribution in [2.24, 2.45) is 5.41 Å². The van der Waals surface area contributed by atoms with Crippen molar-refractivity contribution in [3.8, 4) is 0 Å². The minimum Gasteiger partial charge on any atom is -0.316 e. The molecular weight excluding hydrogens is 193 g/mol. The predicted octanol–water partition coefficient (Wildman–Crippen LogP) is 1.31. The zero-order valence-corrected chi connectivity index (χ0v) is 9.41. The zero-order chi connectivity index (χ0) is 10.7. The standard InChI is InChI=1S/C8H18FNO2S/c1-8(2,3)5-7(10-4)6-13(9,11)12/h7,10H,5-6H2,1-4H3. The SMILES string of the molecule is CNC(CC(C)(C)C)CS(=O)(=O)F. The largest absolute Gasteiger partial charge is 0.316 e. The van der Waals surface area contributed by atoms with E-state index in [1.54, 1.807) is 7.05 Å². The molecule has 5 heteroatoms. The molecule has 13 heavy (non-hydrogen) atoms. The second kappa shape index (κ2) is 4.37. The van der Waals surface area contributed by atoms with Gasteiger partial charge in [0.1, 0.15) is 0 Å². The van der Waals surface area contributed by atoms with Crippen LogP contribution in [0, 0.1) is 5.41 Å². The van der Waals surface area contributed by atoms with Crippen LogP contribution in [0.2, 0.25) is 0 Å². The number of hydrogen-bond acceptors (Lipinski definition) is 3. The summed E-state index contributed by atoms with van der Waals surface area (Å²) in [5, 5.41) is 2.80. The van der Waals surface area contributed by atoms with Crippen LogP contribution in [0.4, 0.5) is 3.89 Å². The number of halogens is 1. The molecule has 0 saturated heterocycles. The van der Waals surface area contributed by atoms with Crippen LogP contribution in [0.15, 0.2) is 0 Å². The zero-order valence-electron chi connectivity index (χ0n) is 8.59. The fourth-order valence-electron chi connectivity index (χ4n) is 1.22. The first-order chi connectivity index (χ1) is 5.64. The Bertz CT molecular complexity index is 243. The molecule has 80 valence electrons. The lowest BCUT2D eigenvalue weighted by Crippen LogP contribution is -2.35. The Hall–Kier alpha value is -0.160. The highest BCUT2D eigenvalue weighted by molar-refractivity contribution is 7.86. The fraction of sp³-hybridized carbons (Fsp3) is 1.00. The van der Waals surface area contributed by atoms with Crippen molar-refractivity contribution in [2.45, 2.75) is 33.2 Å². The van der Waals surface area contributed by atoms with Gasteiger partial charge in [0.25, 0.3) is 0 Å². The predicted molar refractivity (Wildman–Crippen MR) is 51.8 cm³/mol. The van der Waals surface area contributed by atoms with Crippen molar-refractivity contribution in [3.63, 3.8) is 0 Å². The lowest BCUT2D eigenvalue weighted by molar-refractivity contribution is 0.328.